The molecule has 0 unspecified atom stereocenters. The van der Waals surface area contributed by atoms with E-state index in [2.05, 4.69) is 5.32 Å². The molecule has 0 spiro atoms. The number of carbonyl (C=O) groups is 3. The number of aliphatic hydroxyl groups is 1. The van der Waals surface area contributed by atoms with Crippen LogP contribution in [0.1, 0.15) is 32.1 Å². The van der Waals surface area contributed by atoms with E-state index in [1.54, 1.807) is 4.90 Å². The Balaban J connectivity index is 1.84. The summed E-state index contributed by atoms with van der Waals surface area (Å²) >= 11 is 0. The molecule has 2 aliphatic rings. The van der Waals surface area contributed by atoms with Gasteiger partial charge in [0, 0.05) is 45.6 Å². The highest BCUT2D eigenvalue weighted by Crippen LogP contribution is 2.23. The zero-order chi connectivity index (χ0) is 17.7. The van der Waals surface area contributed by atoms with Crippen LogP contribution >= 0.6 is 0 Å². The summed E-state index contributed by atoms with van der Waals surface area (Å²) in [4.78, 5) is 40.6. The number of nitrogens with one attached hydrogen (secondary N) is 1. The Bertz CT molecular complexity index is 480. The highest BCUT2D eigenvalue weighted by Gasteiger charge is 2.32. The molecule has 8 heteroatoms. The van der Waals surface area contributed by atoms with E-state index in [1.165, 1.54) is 0 Å². The standard InChI is InChI=1S/C16H28N4O4/c1-18(2)12-16(24)6-3-9-19(11-7-16)13(21)5-10-20-14(22)4-8-17-15(20)23/h24H,3-12H2,1-2H3,(H,17,23)/t16-/m0/s1. The van der Waals surface area contributed by atoms with Gasteiger partial charge in [0.2, 0.25) is 11.8 Å². The SMILES string of the molecule is CN(C)C[C@]1(O)CCCN(C(=O)CCN2C(=O)CCNC2=O)CC1. The number of urea groups is 1. The van der Waals surface area contributed by atoms with Gasteiger partial charge in [0.05, 0.1) is 5.60 Å². The summed E-state index contributed by atoms with van der Waals surface area (Å²) in [5, 5.41) is 13.2. The van der Waals surface area contributed by atoms with Crippen LogP contribution in [0.5, 0.6) is 0 Å². The first-order valence-electron chi connectivity index (χ1n) is 8.54. The summed E-state index contributed by atoms with van der Waals surface area (Å²) < 4.78 is 0. The topological polar surface area (TPSA) is 93.2 Å². The van der Waals surface area contributed by atoms with E-state index in [0.29, 0.717) is 39.0 Å². The van der Waals surface area contributed by atoms with E-state index in [9.17, 15) is 19.5 Å². The Morgan fingerprint density at radius 1 is 1.29 bits per heavy atom. The number of hydrogen-bond acceptors (Lipinski definition) is 5. The Morgan fingerprint density at radius 3 is 2.71 bits per heavy atom. The van der Waals surface area contributed by atoms with E-state index >= 15 is 0 Å². The van der Waals surface area contributed by atoms with Gasteiger partial charge in [-0.15, -0.1) is 0 Å². The highest BCUT2D eigenvalue weighted by molar-refractivity contribution is 5.97. The summed E-state index contributed by atoms with van der Waals surface area (Å²) in [7, 11) is 3.85. The van der Waals surface area contributed by atoms with Crippen LogP contribution in [0.15, 0.2) is 0 Å². The molecule has 0 aromatic carbocycles. The fourth-order valence-electron chi connectivity index (χ4n) is 3.39. The lowest BCUT2D eigenvalue weighted by Crippen LogP contribution is -2.51. The molecule has 2 saturated heterocycles. The smallest absolute Gasteiger partial charge is 0.324 e. The van der Waals surface area contributed by atoms with Crippen LogP contribution in [-0.2, 0) is 9.59 Å². The van der Waals surface area contributed by atoms with Crippen molar-refractivity contribution in [2.75, 3.05) is 46.8 Å². The maximum atomic E-state index is 12.4. The van der Waals surface area contributed by atoms with Gasteiger partial charge in [-0.1, -0.05) is 0 Å². The zero-order valence-electron chi connectivity index (χ0n) is 14.6. The molecule has 0 aromatic rings. The average molecular weight is 340 g/mol. The van der Waals surface area contributed by atoms with Crippen molar-refractivity contribution < 1.29 is 19.5 Å². The van der Waals surface area contributed by atoms with Crippen molar-refractivity contribution in [1.29, 1.82) is 0 Å². The number of amides is 4. The maximum absolute atomic E-state index is 12.4. The monoisotopic (exact) mass is 340 g/mol. The van der Waals surface area contributed by atoms with Gasteiger partial charge in [0.25, 0.3) is 0 Å². The van der Waals surface area contributed by atoms with Crippen LogP contribution in [0.2, 0.25) is 0 Å². The first-order chi connectivity index (χ1) is 11.3. The Hall–Kier alpha value is -1.67. The highest BCUT2D eigenvalue weighted by atomic mass is 16.3. The molecule has 0 bridgehead atoms. The third-order valence-corrected chi connectivity index (χ3v) is 4.59. The summed E-state index contributed by atoms with van der Waals surface area (Å²) in [6.45, 7) is 2.16. The Kier molecular flexibility index (Phi) is 6.17. The minimum absolute atomic E-state index is 0.0738. The maximum Gasteiger partial charge on any atom is 0.324 e. The van der Waals surface area contributed by atoms with Gasteiger partial charge in [0.15, 0.2) is 0 Å². The van der Waals surface area contributed by atoms with Crippen molar-refractivity contribution >= 4 is 17.8 Å². The third-order valence-electron chi connectivity index (χ3n) is 4.59. The van der Waals surface area contributed by atoms with Crippen molar-refractivity contribution in [3.8, 4) is 0 Å². The van der Waals surface area contributed by atoms with Gasteiger partial charge in [-0.05, 0) is 33.4 Å². The predicted octanol–water partition coefficient (Wildman–Crippen LogP) is -0.376. The second kappa shape index (κ2) is 7.94. The van der Waals surface area contributed by atoms with E-state index in [-0.39, 0.29) is 31.2 Å². The third kappa shape index (κ3) is 4.91. The number of rotatable bonds is 5. The summed E-state index contributed by atoms with van der Waals surface area (Å²) in [6, 6.07) is -0.421. The first-order valence-corrected chi connectivity index (χ1v) is 8.54. The van der Waals surface area contributed by atoms with Crippen molar-refractivity contribution in [3.63, 3.8) is 0 Å². The van der Waals surface area contributed by atoms with Crippen LogP contribution in [0.3, 0.4) is 0 Å². The van der Waals surface area contributed by atoms with E-state index in [0.717, 1.165) is 11.3 Å². The fourth-order valence-corrected chi connectivity index (χ4v) is 3.39. The molecular formula is C16H28N4O4. The fraction of sp³-hybridized carbons (Fsp3) is 0.812. The quantitative estimate of drug-likeness (QED) is 0.712. The molecule has 2 heterocycles. The molecule has 2 fully saturated rings. The number of imide groups is 1. The van der Waals surface area contributed by atoms with Crippen molar-refractivity contribution in [1.82, 2.24) is 20.0 Å². The molecule has 0 aliphatic carbocycles. The number of carbonyl (C=O) groups excluding carboxylic acids is 3. The number of hydrogen-bond donors (Lipinski definition) is 2. The molecule has 0 radical (unpaired) electrons. The van der Waals surface area contributed by atoms with Gasteiger partial charge in [-0.25, -0.2) is 4.79 Å². The van der Waals surface area contributed by atoms with Gasteiger partial charge in [-0.3, -0.25) is 14.5 Å². The second-order valence-corrected chi connectivity index (χ2v) is 6.97. The molecule has 8 nitrogen and oxygen atoms in total. The predicted molar refractivity (Wildman–Crippen MR) is 88.3 cm³/mol. The molecule has 0 saturated carbocycles. The van der Waals surface area contributed by atoms with Crippen molar-refractivity contribution in [2.24, 2.45) is 0 Å². The molecular weight excluding hydrogens is 312 g/mol. The summed E-state index contributed by atoms with van der Waals surface area (Å²) in [5.74, 6) is -0.307. The lowest BCUT2D eigenvalue weighted by Gasteiger charge is -2.30. The number of likely N-dealkylation sites (tertiary alicyclic amines) is 1. The van der Waals surface area contributed by atoms with Crippen LogP contribution in [0.4, 0.5) is 4.79 Å². The normalized spacial score (nSPS) is 25.7. The average Bonchev–Trinajstić information content (AvgIpc) is 2.67. The van der Waals surface area contributed by atoms with E-state index in [4.69, 9.17) is 0 Å². The number of nitrogens with zero attached hydrogens (tertiary/aromatic N) is 3. The summed E-state index contributed by atoms with van der Waals surface area (Å²) in [6.07, 6.45) is 2.37. The van der Waals surface area contributed by atoms with Crippen LogP contribution < -0.4 is 5.32 Å². The Morgan fingerprint density at radius 2 is 2.04 bits per heavy atom. The van der Waals surface area contributed by atoms with Crippen LogP contribution in [-0.4, -0.2) is 90.1 Å². The largest absolute Gasteiger partial charge is 0.388 e. The van der Waals surface area contributed by atoms with E-state index < -0.39 is 11.6 Å². The second-order valence-electron chi connectivity index (χ2n) is 6.97. The molecule has 4 amide bonds. The van der Waals surface area contributed by atoms with Gasteiger partial charge >= 0.3 is 6.03 Å². The molecule has 136 valence electrons. The molecule has 24 heavy (non-hydrogen) atoms. The molecule has 0 aromatic heterocycles. The lowest BCUT2D eigenvalue weighted by molar-refractivity contribution is -0.133. The molecule has 2 rings (SSSR count). The summed E-state index contributed by atoms with van der Waals surface area (Å²) in [5.41, 5.74) is -0.763. The van der Waals surface area contributed by atoms with Gasteiger partial charge < -0.3 is 20.2 Å². The van der Waals surface area contributed by atoms with Gasteiger partial charge in [-0.2, -0.15) is 0 Å². The number of likely N-dealkylation sites (N-methyl/N-ethyl adjacent to an activating group) is 1. The van der Waals surface area contributed by atoms with Crippen molar-refractivity contribution in [3.05, 3.63) is 0 Å². The minimum atomic E-state index is -0.763. The molecule has 2 aliphatic heterocycles. The zero-order valence-corrected chi connectivity index (χ0v) is 14.6. The van der Waals surface area contributed by atoms with Crippen LogP contribution in [0, 0.1) is 0 Å². The van der Waals surface area contributed by atoms with Gasteiger partial charge in [0.1, 0.15) is 0 Å². The minimum Gasteiger partial charge on any atom is -0.388 e. The first kappa shape index (κ1) is 18.7. The molecule has 1 atom stereocenters. The van der Waals surface area contributed by atoms with E-state index in [1.807, 2.05) is 19.0 Å². The van der Waals surface area contributed by atoms with Crippen molar-refractivity contribution in [2.45, 2.75) is 37.7 Å². The molecule has 2 N–H and O–H groups in total. The van der Waals surface area contributed by atoms with Crippen LogP contribution in [0.25, 0.3) is 0 Å². The Labute approximate surface area is 142 Å². The lowest BCUT2D eigenvalue weighted by atomic mass is 9.94.